The normalized spacial score (nSPS) is 17.7. The van der Waals surface area contributed by atoms with Gasteiger partial charge in [0, 0.05) is 12.1 Å². The van der Waals surface area contributed by atoms with Gasteiger partial charge in [0.1, 0.15) is 17.3 Å². The monoisotopic (exact) mass is 437 g/mol. The van der Waals surface area contributed by atoms with E-state index in [2.05, 4.69) is 0 Å². The number of amides is 1. The van der Waals surface area contributed by atoms with Crippen LogP contribution in [-0.2, 0) is 9.59 Å². The van der Waals surface area contributed by atoms with Crippen LogP contribution in [0.25, 0.3) is 5.76 Å². The minimum absolute atomic E-state index is 0.104. The average Bonchev–Trinajstić information content (AvgIpc) is 3.03. The van der Waals surface area contributed by atoms with Crippen molar-refractivity contribution < 1.29 is 24.2 Å². The molecule has 1 N–H and O–H groups in total. The van der Waals surface area contributed by atoms with Crippen LogP contribution in [0.5, 0.6) is 11.5 Å². The van der Waals surface area contributed by atoms with Crippen LogP contribution < -0.4 is 9.47 Å². The van der Waals surface area contributed by atoms with Crippen LogP contribution in [0.2, 0.25) is 0 Å². The van der Waals surface area contributed by atoms with Crippen LogP contribution >= 0.6 is 0 Å². The third-order valence-electron chi connectivity index (χ3n) is 5.77. The summed E-state index contributed by atoms with van der Waals surface area (Å²) in [6, 6.07) is 10.3. The molecule has 1 amide bonds. The lowest BCUT2D eigenvalue weighted by Crippen LogP contribution is -2.30. The molecule has 0 bridgehead atoms. The maximum absolute atomic E-state index is 13.1. The highest BCUT2D eigenvalue weighted by molar-refractivity contribution is 6.46. The number of unbranched alkanes of at least 4 members (excludes halogenated alkanes) is 1. The van der Waals surface area contributed by atoms with Crippen molar-refractivity contribution in [3.05, 3.63) is 64.2 Å². The topological polar surface area (TPSA) is 76.1 Å². The number of hydrogen-bond donors (Lipinski definition) is 1. The highest BCUT2D eigenvalue weighted by Crippen LogP contribution is 2.41. The quantitative estimate of drug-likeness (QED) is 0.360. The summed E-state index contributed by atoms with van der Waals surface area (Å²) >= 11 is 0. The summed E-state index contributed by atoms with van der Waals surface area (Å²) < 4.78 is 11.0. The van der Waals surface area contributed by atoms with Gasteiger partial charge in [0.25, 0.3) is 11.7 Å². The predicted octanol–water partition coefficient (Wildman–Crippen LogP) is 4.93. The van der Waals surface area contributed by atoms with Gasteiger partial charge in [-0.1, -0.05) is 25.5 Å². The second-order valence-corrected chi connectivity index (χ2v) is 7.99. The Morgan fingerprint density at radius 1 is 1.09 bits per heavy atom. The smallest absolute Gasteiger partial charge is 0.295 e. The van der Waals surface area contributed by atoms with E-state index < -0.39 is 17.7 Å². The number of methoxy groups -OCH3 is 1. The SMILES string of the molecule is CCCCN1C(=O)C(=O)/C(=C(/O)c2cc(C)c(OC)cc2C)C1c1cccc(OCC)c1. The first-order chi connectivity index (χ1) is 15.3. The van der Waals surface area contributed by atoms with Gasteiger partial charge in [0.2, 0.25) is 0 Å². The fraction of sp³-hybridized carbons (Fsp3) is 0.385. The Labute approximate surface area is 189 Å². The van der Waals surface area contributed by atoms with Gasteiger partial charge in [-0.3, -0.25) is 9.59 Å². The number of nitrogens with zero attached hydrogens (tertiary/aromatic N) is 1. The fourth-order valence-corrected chi connectivity index (χ4v) is 4.14. The third kappa shape index (κ3) is 4.35. The molecule has 0 radical (unpaired) electrons. The van der Waals surface area contributed by atoms with Crippen LogP contribution in [0.15, 0.2) is 42.0 Å². The van der Waals surface area contributed by atoms with E-state index in [1.54, 1.807) is 18.1 Å². The zero-order valence-corrected chi connectivity index (χ0v) is 19.4. The number of benzene rings is 2. The van der Waals surface area contributed by atoms with Gasteiger partial charge in [0.05, 0.1) is 25.3 Å². The summed E-state index contributed by atoms with van der Waals surface area (Å²) in [5.41, 5.74) is 2.94. The number of ether oxygens (including phenoxy) is 2. The van der Waals surface area contributed by atoms with Crippen molar-refractivity contribution in [3.63, 3.8) is 0 Å². The van der Waals surface area contributed by atoms with Gasteiger partial charge >= 0.3 is 0 Å². The van der Waals surface area contributed by atoms with E-state index >= 15 is 0 Å². The molecule has 2 aromatic carbocycles. The second-order valence-electron chi connectivity index (χ2n) is 7.99. The number of Topliss-reactive ketones (excluding diaryl/α,β-unsaturated/α-hetero) is 1. The first-order valence-electron chi connectivity index (χ1n) is 11.0. The molecule has 1 fully saturated rings. The van der Waals surface area contributed by atoms with Crippen LogP contribution in [0, 0.1) is 13.8 Å². The molecule has 0 saturated carbocycles. The van der Waals surface area contributed by atoms with Crippen molar-refractivity contribution in [1.82, 2.24) is 4.90 Å². The number of hydrogen-bond acceptors (Lipinski definition) is 5. The number of rotatable bonds is 8. The molecular weight excluding hydrogens is 406 g/mol. The second kappa shape index (κ2) is 9.90. The van der Waals surface area contributed by atoms with Gasteiger partial charge in [-0.05, 0) is 68.1 Å². The van der Waals surface area contributed by atoms with Gasteiger partial charge < -0.3 is 19.5 Å². The van der Waals surface area contributed by atoms with Gasteiger partial charge in [-0.2, -0.15) is 0 Å². The predicted molar refractivity (Wildman–Crippen MR) is 124 cm³/mol. The molecule has 6 heteroatoms. The zero-order valence-electron chi connectivity index (χ0n) is 19.4. The molecule has 0 spiro atoms. The maximum atomic E-state index is 13.1. The molecule has 6 nitrogen and oxygen atoms in total. The molecule has 1 atom stereocenters. The first kappa shape index (κ1) is 23.4. The summed E-state index contributed by atoms with van der Waals surface area (Å²) in [5.74, 6) is -0.0728. The molecule has 1 aliphatic heterocycles. The Balaban J connectivity index is 2.21. The average molecular weight is 438 g/mol. The molecule has 0 aliphatic carbocycles. The molecule has 32 heavy (non-hydrogen) atoms. The lowest BCUT2D eigenvalue weighted by atomic mass is 9.93. The number of carbonyl (C=O) groups is 2. The van der Waals surface area contributed by atoms with Crippen molar-refractivity contribution in [2.75, 3.05) is 20.3 Å². The van der Waals surface area contributed by atoms with E-state index in [1.165, 1.54) is 0 Å². The molecule has 3 rings (SSSR count). The summed E-state index contributed by atoms with van der Waals surface area (Å²) in [5, 5.41) is 11.3. The van der Waals surface area contributed by atoms with Crippen LogP contribution in [-0.4, -0.2) is 42.0 Å². The minimum Gasteiger partial charge on any atom is -0.507 e. The minimum atomic E-state index is -0.677. The molecule has 0 aromatic heterocycles. The van der Waals surface area contributed by atoms with Crippen molar-refractivity contribution in [2.45, 2.75) is 46.6 Å². The Morgan fingerprint density at radius 2 is 1.84 bits per heavy atom. The number of ketones is 1. The van der Waals surface area contributed by atoms with Crippen LogP contribution in [0.3, 0.4) is 0 Å². The molecule has 1 unspecified atom stereocenters. The summed E-state index contributed by atoms with van der Waals surface area (Å²) in [4.78, 5) is 27.7. The molecule has 170 valence electrons. The lowest BCUT2D eigenvalue weighted by molar-refractivity contribution is -0.139. The molecular formula is C26H31NO5. The van der Waals surface area contributed by atoms with Gasteiger partial charge in [0.15, 0.2) is 0 Å². The Kier molecular flexibility index (Phi) is 7.23. The lowest BCUT2D eigenvalue weighted by Gasteiger charge is -2.25. The number of likely N-dealkylation sites (tertiary alicyclic amines) is 1. The van der Waals surface area contributed by atoms with E-state index in [9.17, 15) is 14.7 Å². The fourth-order valence-electron chi connectivity index (χ4n) is 4.14. The molecule has 1 saturated heterocycles. The van der Waals surface area contributed by atoms with E-state index in [-0.39, 0.29) is 11.3 Å². The first-order valence-corrected chi connectivity index (χ1v) is 11.0. The van der Waals surface area contributed by atoms with Gasteiger partial charge in [-0.15, -0.1) is 0 Å². The highest BCUT2D eigenvalue weighted by Gasteiger charge is 2.46. The molecule has 1 aliphatic rings. The largest absolute Gasteiger partial charge is 0.507 e. The highest BCUT2D eigenvalue weighted by atomic mass is 16.5. The van der Waals surface area contributed by atoms with Crippen molar-refractivity contribution in [1.29, 1.82) is 0 Å². The summed E-state index contributed by atoms with van der Waals surface area (Å²) in [7, 11) is 1.59. The molecule has 2 aromatic rings. The Morgan fingerprint density at radius 3 is 2.50 bits per heavy atom. The zero-order chi connectivity index (χ0) is 23.4. The summed E-state index contributed by atoms with van der Waals surface area (Å²) in [6.07, 6.45) is 1.64. The maximum Gasteiger partial charge on any atom is 0.295 e. The molecule has 1 heterocycles. The standard InChI is InChI=1S/C26H31NO5/c1-6-8-12-27-23(18-10-9-11-19(15-18)32-7-2)22(25(29)26(27)30)24(28)20-13-17(4)21(31-5)14-16(20)3/h9-11,13-15,23,28H,6-8,12H2,1-5H3/b24-22+. The summed E-state index contributed by atoms with van der Waals surface area (Å²) in [6.45, 7) is 8.58. The van der Waals surface area contributed by atoms with E-state index in [0.29, 0.717) is 30.2 Å². The van der Waals surface area contributed by atoms with Crippen molar-refractivity contribution in [3.8, 4) is 11.5 Å². The van der Waals surface area contributed by atoms with Crippen LogP contribution in [0.1, 0.15) is 55.0 Å². The number of aryl methyl sites for hydroxylation is 2. The van der Waals surface area contributed by atoms with E-state index in [1.807, 2.05) is 58.0 Å². The van der Waals surface area contributed by atoms with E-state index in [0.717, 1.165) is 29.5 Å². The van der Waals surface area contributed by atoms with Crippen molar-refractivity contribution in [2.24, 2.45) is 0 Å². The van der Waals surface area contributed by atoms with Crippen LogP contribution in [0.4, 0.5) is 0 Å². The Hall–Kier alpha value is -3.28. The van der Waals surface area contributed by atoms with E-state index in [4.69, 9.17) is 9.47 Å². The van der Waals surface area contributed by atoms with Crippen molar-refractivity contribution >= 4 is 17.4 Å². The number of aliphatic hydroxyl groups is 1. The Bertz CT molecular complexity index is 1060. The number of aliphatic hydroxyl groups excluding tert-OH is 1. The number of carbonyl (C=O) groups excluding carboxylic acids is 2. The van der Waals surface area contributed by atoms with Gasteiger partial charge in [-0.25, -0.2) is 0 Å². The third-order valence-corrected chi connectivity index (χ3v) is 5.77.